The van der Waals surface area contributed by atoms with Crippen LogP contribution in [0.4, 0.5) is 25.8 Å². The van der Waals surface area contributed by atoms with Crippen molar-refractivity contribution in [3.63, 3.8) is 0 Å². The van der Waals surface area contributed by atoms with Crippen LogP contribution >= 0.6 is 0 Å². The number of anilines is 2. The number of rotatable bonds is 3. The minimum Gasteiger partial charge on any atom is -0.465 e. The summed E-state index contributed by atoms with van der Waals surface area (Å²) in [5.74, 6) is 0. The minimum absolute atomic E-state index is 0.0353. The first kappa shape index (κ1) is 15.9. The summed E-state index contributed by atoms with van der Waals surface area (Å²) in [6, 6.07) is 5.30. The molecule has 0 bridgehead atoms. The molecule has 9 nitrogen and oxygen atoms in total. The van der Waals surface area contributed by atoms with E-state index < -0.39 is 24.4 Å². The van der Waals surface area contributed by atoms with Crippen molar-refractivity contribution in [2.24, 2.45) is 0 Å². The number of nitrogens with zero attached hydrogens (tertiary/aromatic N) is 2. The van der Waals surface area contributed by atoms with Crippen LogP contribution in [0.5, 0.6) is 0 Å². The van der Waals surface area contributed by atoms with Crippen LogP contribution in [0.25, 0.3) is 0 Å². The molecule has 1 fully saturated rings. The first-order valence-electron chi connectivity index (χ1n) is 7.44. The SMILES string of the molecule is CN1C(=O)OCCc2cc(N3C[C@H](CNC(=O)O)OC3=O)ccc21. The predicted octanol–water partition coefficient (Wildman–Crippen LogP) is 1.41. The first-order valence-corrected chi connectivity index (χ1v) is 7.44. The number of carboxylic acid groups (broad SMARTS) is 1. The zero-order valence-electron chi connectivity index (χ0n) is 13.0. The molecule has 9 heteroatoms. The lowest BCUT2D eigenvalue weighted by atomic mass is 10.1. The zero-order valence-corrected chi connectivity index (χ0v) is 13.0. The van der Waals surface area contributed by atoms with Gasteiger partial charge in [-0.25, -0.2) is 14.4 Å². The van der Waals surface area contributed by atoms with Gasteiger partial charge < -0.3 is 19.9 Å². The van der Waals surface area contributed by atoms with Gasteiger partial charge in [0.2, 0.25) is 0 Å². The molecule has 0 unspecified atom stereocenters. The van der Waals surface area contributed by atoms with Gasteiger partial charge in [0.05, 0.1) is 25.4 Å². The van der Waals surface area contributed by atoms with Crippen molar-refractivity contribution < 1.29 is 29.0 Å². The number of fused-ring (bicyclic) bond motifs is 1. The molecule has 0 saturated carbocycles. The third-order valence-corrected chi connectivity index (χ3v) is 3.96. The molecule has 128 valence electrons. The third kappa shape index (κ3) is 3.05. The molecule has 1 saturated heterocycles. The van der Waals surface area contributed by atoms with Crippen molar-refractivity contribution >= 4 is 29.7 Å². The van der Waals surface area contributed by atoms with E-state index in [1.807, 2.05) is 6.07 Å². The topological polar surface area (TPSA) is 108 Å². The fourth-order valence-electron chi connectivity index (χ4n) is 2.75. The van der Waals surface area contributed by atoms with Gasteiger partial charge in [-0.3, -0.25) is 9.80 Å². The summed E-state index contributed by atoms with van der Waals surface area (Å²) in [7, 11) is 1.63. The highest BCUT2D eigenvalue weighted by Crippen LogP contribution is 2.30. The van der Waals surface area contributed by atoms with E-state index in [2.05, 4.69) is 5.32 Å². The van der Waals surface area contributed by atoms with Gasteiger partial charge in [-0.05, 0) is 23.8 Å². The minimum atomic E-state index is -1.16. The van der Waals surface area contributed by atoms with E-state index in [0.717, 1.165) is 11.3 Å². The van der Waals surface area contributed by atoms with Gasteiger partial charge >= 0.3 is 18.3 Å². The van der Waals surface area contributed by atoms with Gasteiger partial charge in [-0.15, -0.1) is 0 Å². The van der Waals surface area contributed by atoms with Gasteiger partial charge in [0, 0.05) is 19.2 Å². The van der Waals surface area contributed by atoms with E-state index in [0.29, 0.717) is 12.1 Å². The van der Waals surface area contributed by atoms with Crippen LogP contribution < -0.4 is 15.1 Å². The van der Waals surface area contributed by atoms with Crippen molar-refractivity contribution in [1.29, 1.82) is 0 Å². The van der Waals surface area contributed by atoms with Gasteiger partial charge in [0.25, 0.3) is 0 Å². The smallest absolute Gasteiger partial charge is 0.414 e. The molecule has 0 radical (unpaired) electrons. The highest BCUT2D eigenvalue weighted by atomic mass is 16.6. The monoisotopic (exact) mass is 335 g/mol. The van der Waals surface area contributed by atoms with E-state index in [1.165, 1.54) is 9.80 Å². The largest absolute Gasteiger partial charge is 0.465 e. The maximum atomic E-state index is 12.0. The van der Waals surface area contributed by atoms with Crippen molar-refractivity contribution in [2.45, 2.75) is 12.5 Å². The normalized spacial score (nSPS) is 20.1. The highest BCUT2D eigenvalue weighted by molar-refractivity contribution is 5.92. The van der Waals surface area contributed by atoms with Crippen LogP contribution in [-0.2, 0) is 15.9 Å². The van der Waals surface area contributed by atoms with Crippen LogP contribution in [0.2, 0.25) is 0 Å². The maximum absolute atomic E-state index is 12.0. The Bertz CT molecular complexity index is 692. The fourth-order valence-corrected chi connectivity index (χ4v) is 2.75. The quantitative estimate of drug-likeness (QED) is 0.864. The van der Waals surface area contributed by atoms with Crippen LogP contribution in [-0.4, -0.2) is 56.2 Å². The summed E-state index contributed by atoms with van der Waals surface area (Å²) >= 11 is 0. The molecule has 0 spiro atoms. The average Bonchev–Trinajstić information content (AvgIpc) is 2.86. The molecular weight excluding hydrogens is 318 g/mol. The second-order valence-electron chi connectivity index (χ2n) is 5.54. The molecular formula is C15H17N3O6. The maximum Gasteiger partial charge on any atom is 0.414 e. The number of carbonyl (C=O) groups is 3. The first-order chi connectivity index (χ1) is 11.5. The van der Waals surface area contributed by atoms with E-state index in [-0.39, 0.29) is 19.7 Å². The summed E-state index contributed by atoms with van der Waals surface area (Å²) in [5, 5.41) is 10.8. The van der Waals surface area contributed by atoms with Crippen LogP contribution in [0.1, 0.15) is 5.56 Å². The molecule has 2 aliphatic heterocycles. The van der Waals surface area contributed by atoms with Crippen molar-refractivity contribution in [1.82, 2.24) is 5.32 Å². The molecule has 0 aromatic heterocycles. The third-order valence-electron chi connectivity index (χ3n) is 3.96. The number of hydrogen-bond donors (Lipinski definition) is 2. The van der Waals surface area contributed by atoms with Crippen molar-refractivity contribution in [2.75, 3.05) is 36.5 Å². The molecule has 0 aliphatic carbocycles. The molecule has 2 heterocycles. The molecule has 1 atom stereocenters. The Labute approximate surface area is 137 Å². The Morgan fingerprint density at radius 1 is 1.38 bits per heavy atom. The number of benzene rings is 1. The van der Waals surface area contributed by atoms with E-state index in [1.54, 1.807) is 19.2 Å². The van der Waals surface area contributed by atoms with Gasteiger partial charge in [-0.2, -0.15) is 0 Å². The Balaban J connectivity index is 1.78. The van der Waals surface area contributed by atoms with Crippen LogP contribution in [0.3, 0.4) is 0 Å². The zero-order chi connectivity index (χ0) is 17.3. The summed E-state index contributed by atoms with van der Waals surface area (Å²) in [5.41, 5.74) is 2.26. The van der Waals surface area contributed by atoms with E-state index in [9.17, 15) is 14.4 Å². The lowest BCUT2D eigenvalue weighted by Gasteiger charge is -2.19. The number of hydrogen-bond acceptors (Lipinski definition) is 5. The number of cyclic esters (lactones) is 2. The molecule has 1 aromatic carbocycles. The van der Waals surface area contributed by atoms with Crippen molar-refractivity contribution in [3.05, 3.63) is 23.8 Å². The standard InChI is InChI=1S/C15H17N3O6/c1-17-12-3-2-10(6-9(12)4-5-23-14(17)21)18-8-11(24-15(18)22)7-16-13(19)20/h2-3,6,11,16H,4-5,7-8H2,1H3,(H,19,20)/t11-/m0/s1. The van der Waals surface area contributed by atoms with Crippen LogP contribution in [0, 0.1) is 0 Å². The second kappa shape index (κ2) is 6.26. The second-order valence-corrected chi connectivity index (χ2v) is 5.54. The number of ether oxygens (including phenoxy) is 2. The predicted molar refractivity (Wildman–Crippen MR) is 83.5 cm³/mol. The Morgan fingerprint density at radius 2 is 2.17 bits per heavy atom. The molecule has 3 amide bonds. The van der Waals surface area contributed by atoms with E-state index >= 15 is 0 Å². The fraction of sp³-hybridized carbons (Fsp3) is 0.400. The Hall–Kier alpha value is -2.97. The molecule has 2 aliphatic rings. The molecule has 2 N–H and O–H groups in total. The molecule has 24 heavy (non-hydrogen) atoms. The molecule has 1 aromatic rings. The number of carbonyl (C=O) groups excluding carboxylic acids is 2. The van der Waals surface area contributed by atoms with Gasteiger partial charge in [-0.1, -0.05) is 0 Å². The number of nitrogens with one attached hydrogen (secondary N) is 1. The summed E-state index contributed by atoms with van der Waals surface area (Å²) in [6.07, 6.45) is -2.10. The lowest BCUT2D eigenvalue weighted by molar-refractivity contribution is 0.136. The van der Waals surface area contributed by atoms with Crippen LogP contribution in [0.15, 0.2) is 18.2 Å². The van der Waals surface area contributed by atoms with E-state index in [4.69, 9.17) is 14.6 Å². The Morgan fingerprint density at radius 3 is 2.92 bits per heavy atom. The summed E-state index contributed by atoms with van der Waals surface area (Å²) < 4.78 is 10.2. The summed E-state index contributed by atoms with van der Waals surface area (Å²) in [4.78, 5) is 37.1. The highest BCUT2D eigenvalue weighted by Gasteiger charge is 2.33. The Kier molecular flexibility index (Phi) is 4.15. The van der Waals surface area contributed by atoms with Crippen molar-refractivity contribution in [3.8, 4) is 0 Å². The summed E-state index contributed by atoms with van der Waals surface area (Å²) in [6.45, 7) is 0.562. The van der Waals surface area contributed by atoms with Gasteiger partial charge in [0.15, 0.2) is 0 Å². The average molecular weight is 335 g/mol. The number of amides is 3. The van der Waals surface area contributed by atoms with Gasteiger partial charge in [0.1, 0.15) is 6.10 Å². The molecule has 3 rings (SSSR count). The lowest BCUT2D eigenvalue weighted by Crippen LogP contribution is -2.33.